The minimum absolute atomic E-state index is 0.621. The van der Waals surface area contributed by atoms with Crippen molar-refractivity contribution in [3.8, 4) is 5.75 Å². The molecule has 1 aromatic rings. The second kappa shape index (κ2) is 6.64. The minimum Gasteiger partial charge on any atom is -0.494 e. The average molecular weight is 248 g/mol. The highest BCUT2D eigenvalue weighted by atomic mass is 16.5. The second-order valence-electron chi connectivity index (χ2n) is 4.91. The molecule has 1 heterocycles. The largest absolute Gasteiger partial charge is 0.494 e. The first kappa shape index (κ1) is 13.2. The number of nitrogens with one attached hydrogen (secondary N) is 1. The molecule has 1 atom stereocenters. The SMILES string of the molecule is CCOc1ccc(N2CCCNC(C)CC2)cc1. The van der Waals surface area contributed by atoms with E-state index in [2.05, 4.69) is 41.4 Å². The molecular weight excluding hydrogens is 224 g/mol. The summed E-state index contributed by atoms with van der Waals surface area (Å²) >= 11 is 0. The third kappa shape index (κ3) is 3.64. The van der Waals surface area contributed by atoms with Gasteiger partial charge >= 0.3 is 0 Å². The van der Waals surface area contributed by atoms with Gasteiger partial charge in [0.25, 0.3) is 0 Å². The number of rotatable bonds is 3. The highest BCUT2D eigenvalue weighted by molar-refractivity contribution is 5.49. The Morgan fingerprint density at radius 3 is 2.78 bits per heavy atom. The molecule has 0 radical (unpaired) electrons. The second-order valence-corrected chi connectivity index (χ2v) is 4.91. The van der Waals surface area contributed by atoms with E-state index in [9.17, 15) is 0 Å². The van der Waals surface area contributed by atoms with Crippen molar-refractivity contribution in [1.82, 2.24) is 5.32 Å². The summed E-state index contributed by atoms with van der Waals surface area (Å²) < 4.78 is 5.48. The maximum Gasteiger partial charge on any atom is 0.119 e. The van der Waals surface area contributed by atoms with Crippen molar-refractivity contribution in [2.24, 2.45) is 0 Å². The molecule has 0 saturated carbocycles. The highest BCUT2D eigenvalue weighted by Gasteiger charge is 2.12. The van der Waals surface area contributed by atoms with Crippen LogP contribution >= 0.6 is 0 Å². The lowest BCUT2D eigenvalue weighted by atomic mass is 10.1. The van der Waals surface area contributed by atoms with E-state index < -0.39 is 0 Å². The van der Waals surface area contributed by atoms with Crippen LogP contribution in [0.4, 0.5) is 5.69 Å². The molecule has 1 aliphatic heterocycles. The Labute approximate surface area is 110 Å². The van der Waals surface area contributed by atoms with E-state index in [4.69, 9.17) is 4.74 Å². The molecule has 1 saturated heterocycles. The summed E-state index contributed by atoms with van der Waals surface area (Å²) in [6.07, 6.45) is 2.41. The quantitative estimate of drug-likeness (QED) is 0.890. The molecule has 2 rings (SSSR count). The van der Waals surface area contributed by atoms with Crippen LogP contribution in [0.5, 0.6) is 5.75 Å². The van der Waals surface area contributed by atoms with Gasteiger partial charge in [0.15, 0.2) is 0 Å². The molecular formula is C15H24N2O. The fourth-order valence-corrected chi connectivity index (χ4v) is 2.36. The van der Waals surface area contributed by atoms with Gasteiger partial charge in [0.1, 0.15) is 5.75 Å². The Balaban J connectivity index is 1.99. The lowest BCUT2D eigenvalue weighted by Gasteiger charge is -2.29. The predicted molar refractivity (Wildman–Crippen MR) is 76.5 cm³/mol. The Hall–Kier alpha value is -1.22. The number of hydrogen-bond donors (Lipinski definition) is 1. The van der Waals surface area contributed by atoms with E-state index in [0.717, 1.165) is 32.0 Å². The molecule has 1 fully saturated rings. The van der Waals surface area contributed by atoms with Gasteiger partial charge in [0.2, 0.25) is 0 Å². The minimum atomic E-state index is 0.621. The maximum absolute atomic E-state index is 5.48. The van der Waals surface area contributed by atoms with Crippen molar-refractivity contribution >= 4 is 5.69 Å². The summed E-state index contributed by atoms with van der Waals surface area (Å²) in [4.78, 5) is 2.48. The Bertz CT molecular complexity index is 350. The highest BCUT2D eigenvalue weighted by Crippen LogP contribution is 2.20. The number of anilines is 1. The molecule has 1 aliphatic rings. The smallest absolute Gasteiger partial charge is 0.119 e. The van der Waals surface area contributed by atoms with E-state index in [1.54, 1.807) is 0 Å². The summed E-state index contributed by atoms with van der Waals surface area (Å²) in [5.74, 6) is 0.961. The zero-order valence-corrected chi connectivity index (χ0v) is 11.5. The summed E-state index contributed by atoms with van der Waals surface area (Å²) in [7, 11) is 0. The van der Waals surface area contributed by atoms with Gasteiger partial charge in [-0.2, -0.15) is 0 Å². The Kier molecular flexibility index (Phi) is 4.88. The van der Waals surface area contributed by atoms with Crippen molar-refractivity contribution < 1.29 is 4.74 Å². The van der Waals surface area contributed by atoms with Crippen LogP contribution < -0.4 is 15.0 Å². The van der Waals surface area contributed by atoms with Gasteiger partial charge in [0, 0.05) is 24.8 Å². The number of hydrogen-bond acceptors (Lipinski definition) is 3. The van der Waals surface area contributed by atoms with E-state index >= 15 is 0 Å². The number of benzene rings is 1. The van der Waals surface area contributed by atoms with Gasteiger partial charge in [0.05, 0.1) is 6.61 Å². The van der Waals surface area contributed by atoms with Crippen LogP contribution in [-0.2, 0) is 0 Å². The third-order valence-electron chi connectivity index (χ3n) is 3.44. The van der Waals surface area contributed by atoms with Crippen LogP contribution in [0.2, 0.25) is 0 Å². The summed E-state index contributed by atoms with van der Waals surface area (Å²) in [5, 5.41) is 3.54. The Morgan fingerprint density at radius 1 is 1.28 bits per heavy atom. The molecule has 0 aliphatic carbocycles. The van der Waals surface area contributed by atoms with Gasteiger partial charge in [-0.1, -0.05) is 0 Å². The molecule has 3 nitrogen and oxygen atoms in total. The fourth-order valence-electron chi connectivity index (χ4n) is 2.36. The van der Waals surface area contributed by atoms with Gasteiger partial charge in [-0.05, 0) is 57.5 Å². The van der Waals surface area contributed by atoms with E-state index in [0.29, 0.717) is 6.04 Å². The molecule has 1 N–H and O–H groups in total. The summed E-state index contributed by atoms with van der Waals surface area (Å²) in [6, 6.07) is 9.10. The third-order valence-corrected chi connectivity index (χ3v) is 3.44. The van der Waals surface area contributed by atoms with Gasteiger partial charge in [-0.15, -0.1) is 0 Å². The van der Waals surface area contributed by atoms with Crippen molar-refractivity contribution in [2.75, 3.05) is 31.1 Å². The standard InChI is InChI=1S/C15H24N2O/c1-3-18-15-7-5-14(6-8-15)17-11-4-10-16-13(2)9-12-17/h5-8,13,16H,3-4,9-12H2,1-2H3. The molecule has 100 valence electrons. The normalized spacial score (nSPS) is 21.2. The van der Waals surface area contributed by atoms with Crippen molar-refractivity contribution in [1.29, 1.82) is 0 Å². The average Bonchev–Trinajstić information content (AvgIpc) is 2.36. The number of ether oxygens (including phenoxy) is 1. The predicted octanol–water partition coefficient (Wildman–Crippen LogP) is 2.66. The van der Waals surface area contributed by atoms with E-state index in [1.807, 2.05) is 6.92 Å². The lowest BCUT2D eigenvalue weighted by Crippen LogP contribution is -2.38. The van der Waals surface area contributed by atoms with Crippen LogP contribution in [0.1, 0.15) is 26.7 Å². The van der Waals surface area contributed by atoms with Crippen LogP contribution in [0.3, 0.4) is 0 Å². The first-order valence-corrected chi connectivity index (χ1v) is 7.01. The summed E-state index contributed by atoms with van der Waals surface area (Å²) in [5.41, 5.74) is 1.31. The molecule has 1 unspecified atom stereocenters. The zero-order chi connectivity index (χ0) is 12.8. The van der Waals surface area contributed by atoms with Crippen LogP contribution in [0.25, 0.3) is 0 Å². The van der Waals surface area contributed by atoms with Crippen LogP contribution in [0, 0.1) is 0 Å². The van der Waals surface area contributed by atoms with Gasteiger partial charge < -0.3 is 15.0 Å². The molecule has 0 bridgehead atoms. The van der Waals surface area contributed by atoms with Gasteiger partial charge in [-0.25, -0.2) is 0 Å². The molecule has 18 heavy (non-hydrogen) atoms. The molecule has 1 aromatic carbocycles. The molecule has 0 spiro atoms. The molecule has 3 heteroatoms. The zero-order valence-electron chi connectivity index (χ0n) is 11.5. The van der Waals surface area contributed by atoms with Crippen LogP contribution in [0.15, 0.2) is 24.3 Å². The monoisotopic (exact) mass is 248 g/mol. The van der Waals surface area contributed by atoms with E-state index in [-0.39, 0.29) is 0 Å². The summed E-state index contributed by atoms with van der Waals surface area (Å²) in [6.45, 7) is 8.39. The van der Waals surface area contributed by atoms with Crippen molar-refractivity contribution in [2.45, 2.75) is 32.7 Å². The van der Waals surface area contributed by atoms with Crippen molar-refractivity contribution in [3.63, 3.8) is 0 Å². The van der Waals surface area contributed by atoms with Gasteiger partial charge in [-0.3, -0.25) is 0 Å². The van der Waals surface area contributed by atoms with Crippen molar-refractivity contribution in [3.05, 3.63) is 24.3 Å². The van der Waals surface area contributed by atoms with E-state index in [1.165, 1.54) is 18.5 Å². The Morgan fingerprint density at radius 2 is 2.06 bits per heavy atom. The first-order chi connectivity index (χ1) is 8.79. The topological polar surface area (TPSA) is 24.5 Å². The lowest BCUT2D eigenvalue weighted by molar-refractivity contribution is 0.340. The van der Waals surface area contributed by atoms with Crippen LogP contribution in [-0.4, -0.2) is 32.3 Å². The molecule has 0 aromatic heterocycles. The first-order valence-electron chi connectivity index (χ1n) is 7.01. The maximum atomic E-state index is 5.48. The number of nitrogens with zero attached hydrogens (tertiary/aromatic N) is 1. The fraction of sp³-hybridized carbons (Fsp3) is 0.600. The molecule has 0 amide bonds.